The number of aliphatic imine (C=N–C) groups is 1. The summed E-state index contributed by atoms with van der Waals surface area (Å²) in [6.07, 6.45) is 23.0. The lowest BCUT2D eigenvalue weighted by atomic mass is 10.0. The predicted octanol–water partition coefficient (Wildman–Crippen LogP) is 8.10. The fourth-order valence-electron chi connectivity index (χ4n) is 3.95. The van der Waals surface area contributed by atoms with E-state index in [0.717, 1.165) is 34.9 Å². The first kappa shape index (κ1) is 25.1. The molecule has 3 rings (SSSR count). The van der Waals surface area contributed by atoms with E-state index in [0.29, 0.717) is 0 Å². The van der Waals surface area contributed by atoms with E-state index < -0.39 is 0 Å². The molecule has 4 nitrogen and oxygen atoms in total. The Balaban J connectivity index is 0.00000341. The van der Waals surface area contributed by atoms with E-state index in [4.69, 9.17) is 9.73 Å². The van der Waals surface area contributed by atoms with E-state index in [1.165, 1.54) is 69.9 Å². The number of H-pyrrole nitrogens is 2. The maximum absolute atomic E-state index is 5.54. The Morgan fingerprint density at radius 2 is 1.65 bits per heavy atom. The van der Waals surface area contributed by atoms with Gasteiger partial charge in [0.2, 0.25) is 0 Å². The molecule has 0 unspecified atom stereocenters. The second kappa shape index (κ2) is 14.0. The molecular weight excluding hydrogens is 406 g/mol. The highest BCUT2D eigenvalue weighted by molar-refractivity contribution is 5.99. The van der Waals surface area contributed by atoms with Crippen molar-refractivity contribution in [3.05, 3.63) is 47.9 Å². The first-order valence-electron chi connectivity index (χ1n) is 11.7. The number of halogens is 1. The molecule has 0 atom stereocenters. The Kier molecular flexibility index (Phi) is 11.3. The van der Waals surface area contributed by atoms with Crippen LogP contribution in [0.2, 0.25) is 0 Å². The molecule has 31 heavy (non-hydrogen) atoms. The van der Waals surface area contributed by atoms with Crippen LogP contribution < -0.4 is 4.74 Å². The van der Waals surface area contributed by atoms with Crippen molar-refractivity contribution in [2.45, 2.75) is 77.6 Å². The van der Waals surface area contributed by atoms with Crippen molar-refractivity contribution >= 4 is 24.2 Å². The van der Waals surface area contributed by atoms with Gasteiger partial charge in [-0.1, -0.05) is 64.7 Å². The van der Waals surface area contributed by atoms with Crippen LogP contribution in [0.15, 0.2) is 47.2 Å². The Labute approximate surface area is 193 Å². The van der Waals surface area contributed by atoms with E-state index in [1.54, 1.807) is 7.11 Å². The zero-order valence-electron chi connectivity index (χ0n) is 19.1. The van der Waals surface area contributed by atoms with Crippen LogP contribution in [0, 0.1) is 0 Å². The maximum Gasteiger partial charge on any atom is 0.144 e. The summed E-state index contributed by atoms with van der Waals surface area (Å²) in [5.41, 5.74) is 5.18. The fourth-order valence-corrected chi connectivity index (χ4v) is 3.95. The zero-order valence-corrected chi connectivity index (χ0v) is 19.9. The topological polar surface area (TPSA) is 53.2 Å². The van der Waals surface area contributed by atoms with Gasteiger partial charge in [0, 0.05) is 18.0 Å². The summed E-state index contributed by atoms with van der Waals surface area (Å²) in [6, 6.07) is 6.05. The van der Waals surface area contributed by atoms with Gasteiger partial charge in [-0.2, -0.15) is 0 Å². The van der Waals surface area contributed by atoms with Crippen molar-refractivity contribution in [3.8, 4) is 17.1 Å². The van der Waals surface area contributed by atoms with Crippen LogP contribution >= 0.6 is 12.4 Å². The Bertz CT molecular complexity index is 846. The Morgan fingerprint density at radius 3 is 2.29 bits per heavy atom. The van der Waals surface area contributed by atoms with Gasteiger partial charge in [-0.15, -0.1) is 12.4 Å². The van der Waals surface area contributed by atoms with Gasteiger partial charge in [0.15, 0.2) is 0 Å². The van der Waals surface area contributed by atoms with Crippen LogP contribution in [0.1, 0.15) is 83.2 Å². The third-order valence-corrected chi connectivity index (χ3v) is 5.72. The lowest BCUT2D eigenvalue weighted by molar-refractivity contribution is 0.414. The molecule has 2 N–H and O–H groups in total. The summed E-state index contributed by atoms with van der Waals surface area (Å²) in [6.45, 7) is 2.28. The molecule has 0 amide bonds. The minimum Gasteiger partial charge on any atom is -0.494 e. The lowest BCUT2D eigenvalue weighted by Gasteiger charge is -2.02. The van der Waals surface area contributed by atoms with Gasteiger partial charge >= 0.3 is 0 Å². The molecule has 0 bridgehead atoms. The quantitative estimate of drug-likeness (QED) is 0.284. The molecule has 0 spiro atoms. The number of unbranched alkanes of at least 4 members (excludes halogenated alkanes) is 9. The number of aromatic nitrogens is 2. The first-order chi connectivity index (χ1) is 14.8. The van der Waals surface area contributed by atoms with Crippen LogP contribution in [0.3, 0.4) is 0 Å². The van der Waals surface area contributed by atoms with Crippen molar-refractivity contribution in [1.82, 2.24) is 9.97 Å². The molecule has 0 radical (unpaired) electrons. The third kappa shape index (κ3) is 8.10. The molecule has 0 fully saturated rings. The van der Waals surface area contributed by atoms with E-state index in [2.05, 4.69) is 35.1 Å². The van der Waals surface area contributed by atoms with Crippen molar-refractivity contribution in [2.75, 3.05) is 7.11 Å². The number of nitrogens with zero attached hydrogens (tertiary/aromatic N) is 1. The predicted molar refractivity (Wildman–Crippen MR) is 135 cm³/mol. The van der Waals surface area contributed by atoms with Crippen LogP contribution in [0.4, 0.5) is 0 Å². The van der Waals surface area contributed by atoms with E-state index in [-0.39, 0.29) is 12.4 Å². The Hall–Kier alpha value is -2.20. The lowest BCUT2D eigenvalue weighted by Crippen LogP contribution is -1.90. The zero-order chi connectivity index (χ0) is 21.0. The second-order valence-corrected chi connectivity index (χ2v) is 8.19. The van der Waals surface area contributed by atoms with Crippen LogP contribution in [0.5, 0.6) is 5.75 Å². The molecule has 0 aromatic carbocycles. The van der Waals surface area contributed by atoms with Crippen molar-refractivity contribution < 1.29 is 4.74 Å². The van der Waals surface area contributed by atoms with Crippen molar-refractivity contribution in [2.24, 2.45) is 4.99 Å². The molecule has 3 heterocycles. The van der Waals surface area contributed by atoms with Gasteiger partial charge in [0.1, 0.15) is 5.75 Å². The monoisotopic (exact) mass is 443 g/mol. The van der Waals surface area contributed by atoms with E-state index in [9.17, 15) is 0 Å². The van der Waals surface area contributed by atoms with Crippen molar-refractivity contribution in [3.63, 3.8) is 0 Å². The molecule has 2 aromatic rings. The highest BCUT2D eigenvalue weighted by Crippen LogP contribution is 2.29. The molecule has 2 aromatic heterocycles. The van der Waals surface area contributed by atoms with Gasteiger partial charge in [-0.05, 0) is 43.2 Å². The molecular formula is C26H38ClN3O. The second-order valence-electron chi connectivity index (χ2n) is 8.19. The van der Waals surface area contributed by atoms with Crippen LogP contribution in [-0.2, 0) is 0 Å². The third-order valence-electron chi connectivity index (χ3n) is 5.72. The summed E-state index contributed by atoms with van der Waals surface area (Å²) in [4.78, 5) is 11.4. The van der Waals surface area contributed by atoms with Crippen molar-refractivity contribution in [1.29, 1.82) is 0 Å². The highest BCUT2D eigenvalue weighted by atomic mass is 35.5. The molecule has 1 aliphatic heterocycles. The largest absolute Gasteiger partial charge is 0.494 e. The normalized spacial score (nSPS) is 14.1. The summed E-state index contributed by atoms with van der Waals surface area (Å²) >= 11 is 0. The van der Waals surface area contributed by atoms with E-state index in [1.807, 2.05) is 24.4 Å². The summed E-state index contributed by atoms with van der Waals surface area (Å²) in [5, 5.41) is 0. The number of hydrogen-bond acceptors (Lipinski definition) is 2. The number of aromatic amines is 2. The maximum atomic E-state index is 5.54. The van der Waals surface area contributed by atoms with Crippen LogP contribution in [0.25, 0.3) is 17.5 Å². The van der Waals surface area contributed by atoms with E-state index >= 15 is 0 Å². The first-order valence-corrected chi connectivity index (χ1v) is 11.7. The SMILES string of the molecule is CCCCCCCCCCCCC1=NC(=Cc2[nH]c(-c3ccc[nH]3)cc2OC)C=C1.Cl. The fraction of sp³-hybridized carbons (Fsp3) is 0.500. The number of allylic oxidation sites excluding steroid dienone is 2. The van der Waals surface area contributed by atoms with Gasteiger partial charge < -0.3 is 14.7 Å². The molecule has 170 valence electrons. The average molecular weight is 444 g/mol. The molecule has 1 aliphatic rings. The minimum absolute atomic E-state index is 0. The molecule has 5 heteroatoms. The van der Waals surface area contributed by atoms with Gasteiger partial charge in [-0.3, -0.25) is 4.99 Å². The standard InChI is InChI=1S/C26H37N3O.ClH/c1-3-4-5-6-7-8-9-10-11-12-14-21-16-17-22(28-21)19-25-26(30-2)20-24(29-25)23-15-13-18-27-23;/h13,15-20,27,29H,3-12,14H2,1-2H3;1H. The summed E-state index contributed by atoms with van der Waals surface area (Å²) in [7, 11) is 1.70. The number of nitrogens with one attached hydrogen (secondary N) is 2. The molecule has 0 saturated heterocycles. The highest BCUT2D eigenvalue weighted by Gasteiger charge is 2.11. The summed E-state index contributed by atoms with van der Waals surface area (Å²) in [5.74, 6) is 0.832. The smallest absolute Gasteiger partial charge is 0.144 e. The minimum atomic E-state index is 0. The van der Waals surface area contributed by atoms with Crippen LogP contribution in [-0.4, -0.2) is 22.8 Å². The van der Waals surface area contributed by atoms with Gasteiger partial charge in [-0.25, -0.2) is 0 Å². The average Bonchev–Trinajstić information content (AvgIpc) is 3.50. The molecule has 0 aliphatic carbocycles. The Morgan fingerprint density at radius 1 is 0.935 bits per heavy atom. The molecule has 0 saturated carbocycles. The number of hydrogen-bond donors (Lipinski definition) is 2. The van der Waals surface area contributed by atoms with Gasteiger partial charge in [0.05, 0.1) is 29.9 Å². The number of ether oxygens (including phenoxy) is 1. The van der Waals surface area contributed by atoms with Gasteiger partial charge in [0.25, 0.3) is 0 Å². The summed E-state index contributed by atoms with van der Waals surface area (Å²) < 4.78 is 5.54. The number of rotatable bonds is 14. The number of methoxy groups -OCH3 is 1.